The number of rotatable bonds is 30. The van der Waals surface area contributed by atoms with Crippen molar-refractivity contribution in [1.29, 1.82) is 0 Å². The number of nitrogens with one attached hydrogen (secondary N) is 2. The van der Waals surface area contributed by atoms with Gasteiger partial charge in [0.05, 0.1) is 13.2 Å². The van der Waals surface area contributed by atoms with Crippen molar-refractivity contribution in [2.75, 3.05) is 19.8 Å². The molecule has 0 aliphatic carbocycles. The van der Waals surface area contributed by atoms with E-state index in [0.717, 1.165) is 38.5 Å². The number of ether oxygens (including phenoxy) is 3. The minimum absolute atomic E-state index is 0.0828. The van der Waals surface area contributed by atoms with Crippen LogP contribution in [0.1, 0.15) is 155 Å². The first-order valence-electron chi connectivity index (χ1n) is 18.8. The fourth-order valence-corrected chi connectivity index (χ4v) is 5.92. The van der Waals surface area contributed by atoms with Gasteiger partial charge in [-0.3, -0.25) is 14.4 Å². The summed E-state index contributed by atoms with van der Waals surface area (Å²) in [4.78, 5) is 38.1. The normalized spacial score (nSPS) is 20.9. The van der Waals surface area contributed by atoms with Crippen LogP contribution in [0.3, 0.4) is 0 Å². The number of esters is 1. The average Bonchev–Trinajstić information content (AvgIpc) is 3.06. The summed E-state index contributed by atoms with van der Waals surface area (Å²) in [5.74, 6) is -1.28. The number of carbonyl (C=O) groups excluding carboxylic acids is 3. The highest BCUT2D eigenvalue weighted by Crippen LogP contribution is 2.25. The molecule has 0 unspecified atom stereocenters. The molecule has 4 N–H and O–H groups in total. The minimum Gasteiger partial charge on any atom is -0.456 e. The third-order valence-corrected chi connectivity index (χ3v) is 8.77. The molecule has 1 fully saturated rings. The second kappa shape index (κ2) is 29.0. The van der Waals surface area contributed by atoms with Gasteiger partial charge in [0, 0.05) is 12.8 Å². The maximum atomic E-state index is 12.9. The Morgan fingerprint density at radius 1 is 0.745 bits per heavy atom. The van der Waals surface area contributed by atoms with Crippen molar-refractivity contribution in [3.8, 4) is 0 Å². The van der Waals surface area contributed by atoms with E-state index >= 15 is 0 Å². The van der Waals surface area contributed by atoms with E-state index in [2.05, 4.69) is 31.1 Å². The number of unbranched alkanes of at least 4 members (excludes halogenated alkanes) is 18. The molecule has 0 bridgehead atoms. The van der Waals surface area contributed by atoms with Gasteiger partial charge in [-0.1, -0.05) is 135 Å². The van der Waals surface area contributed by atoms with Crippen molar-refractivity contribution in [2.45, 2.75) is 186 Å². The highest BCUT2D eigenvalue weighted by molar-refractivity contribution is 5.82. The molecule has 10 nitrogen and oxygen atoms in total. The lowest BCUT2D eigenvalue weighted by Gasteiger charge is -2.43. The standard InChI is InChI=1S/C37H68N2O8/c1-4-7-9-11-13-15-16-18-20-22-24-26-32(42)39-34-36(35(44)30(29-40)46-37(34)45-27-6-3)47-33(43)28-38-31(41)25-23-21-19-17-14-12-10-8-5-2/h6,30,34-37,40,44H,3-5,7-29H2,1-2H3,(H,38,41)(H,39,42)/t30-,34-,35-,36-,37+/m1/s1. The Balaban J connectivity index is 2.53. The number of hydrogen-bond acceptors (Lipinski definition) is 8. The molecule has 274 valence electrons. The largest absolute Gasteiger partial charge is 0.456 e. The fourth-order valence-electron chi connectivity index (χ4n) is 5.92. The SMILES string of the molecule is C=CCO[C@H]1O[C@H](CO)[C@@H](O)[C@H](OC(=O)CNC(=O)CCCCCCCCCCC)[C@H]1NC(=O)CCCCCCCCCCCCC. The van der Waals surface area contributed by atoms with Gasteiger partial charge in [0.25, 0.3) is 0 Å². The summed E-state index contributed by atoms with van der Waals surface area (Å²) >= 11 is 0. The van der Waals surface area contributed by atoms with Crippen molar-refractivity contribution in [2.24, 2.45) is 0 Å². The monoisotopic (exact) mass is 668 g/mol. The van der Waals surface area contributed by atoms with E-state index in [1.165, 1.54) is 89.5 Å². The lowest BCUT2D eigenvalue weighted by molar-refractivity contribution is -0.270. The lowest BCUT2D eigenvalue weighted by atomic mass is 9.96. The second-order valence-electron chi connectivity index (χ2n) is 13.0. The van der Waals surface area contributed by atoms with E-state index in [0.29, 0.717) is 12.8 Å². The summed E-state index contributed by atoms with van der Waals surface area (Å²) in [5.41, 5.74) is 0. The van der Waals surface area contributed by atoms with Gasteiger partial charge in [0.15, 0.2) is 12.4 Å². The molecule has 10 heteroatoms. The number of aliphatic hydroxyl groups excluding tert-OH is 2. The first-order chi connectivity index (χ1) is 22.9. The van der Waals surface area contributed by atoms with Crippen LogP contribution in [-0.4, -0.2) is 78.4 Å². The van der Waals surface area contributed by atoms with Crippen LogP contribution in [0.2, 0.25) is 0 Å². The Kier molecular flexibility index (Phi) is 26.5. The van der Waals surface area contributed by atoms with Gasteiger partial charge in [-0.2, -0.15) is 0 Å². The Morgan fingerprint density at radius 3 is 1.68 bits per heavy atom. The maximum Gasteiger partial charge on any atom is 0.325 e. The van der Waals surface area contributed by atoms with Crippen LogP contribution in [0.15, 0.2) is 12.7 Å². The summed E-state index contributed by atoms with van der Waals surface area (Å²) in [6.45, 7) is 7.24. The van der Waals surface area contributed by atoms with Gasteiger partial charge in [-0.05, 0) is 12.8 Å². The van der Waals surface area contributed by atoms with Gasteiger partial charge in [0.1, 0.15) is 24.8 Å². The summed E-state index contributed by atoms with van der Waals surface area (Å²) in [6.07, 6.45) is 20.4. The van der Waals surface area contributed by atoms with Crippen LogP contribution in [0.25, 0.3) is 0 Å². The predicted molar refractivity (Wildman–Crippen MR) is 186 cm³/mol. The van der Waals surface area contributed by atoms with Gasteiger partial charge in [-0.25, -0.2) is 0 Å². The highest BCUT2D eigenvalue weighted by atomic mass is 16.7. The molecule has 1 rings (SSSR count). The van der Waals surface area contributed by atoms with Crippen molar-refractivity contribution < 1.29 is 38.8 Å². The van der Waals surface area contributed by atoms with Gasteiger partial charge in [0.2, 0.25) is 11.8 Å². The topological polar surface area (TPSA) is 143 Å². The van der Waals surface area contributed by atoms with E-state index < -0.39 is 43.2 Å². The molecule has 5 atom stereocenters. The van der Waals surface area contributed by atoms with Crippen LogP contribution in [0.4, 0.5) is 0 Å². The molecular formula is C37H68N2O8. The molecule has 1 saturated heterocycles. The van der Waals surface area contributed by atoms with Crippen LogP contribution >= 0.6 is 0 Å². The van der Waals surface area contributed by atoms with E-state index in [1.807, 2.05) is 0 Å². The first-order valence-corrected chi connectivity index (χ1v) is 18.8. The Labute approximate surface area is 285 Å². The van der Waals surface area contributed by atoms with Crippen LogP contribution in [-0.2, 0) is 28.6 Å². The van der Waals surface area contributed by atoms with Crippen molar-refractivity contribution >= 4 is 17.8 Å². The Hall–Kier alpha value is -2.01. The van der Waals surface area contributed by atoms with Crippen molar-refractivity contribution in [3.63, 3.8) is 0 Å². The molecule has 0 aromatic carbocycles. The summed E-state index contributed by atoms with van der Waals surface area (Å²) < 4.78 is 17.0. The van der Waals surface area contributed by atoms with Crippen LogP contribution < -0.4 is 10.6 Å². The lowest BCUT2D eigenvalue weighted by Crippen LogP contribution is -2.66. The van der Waals surface area contributed by atoms with Crippen LogP contribution in [0, 0.1) is 0 Å². The van der Waals surface area contributed by atoms with E-state index in [4.69, 9.17) is 14.2 Å². The number of carbonyl (C=O) groups is 3. The molecule has 47 heavy (non-hydrogen) atoms. The summed E-state index contributed by atoms with van der Waals surface area (Å²) in [5, 5.41) is 26.2. The molecule has 2 amide bonds. The highest BCUT2D eigenvalue weighted by Gasteiger charge is 2.48. The number of amides is 2. The maximum absolute atomic E-state index is 12.9. The minimum atomic E-state index is -1.42. The molecule has 0 aromatic heterocycles. The predicted octanol–water partition coefficient (Wildman–Crippen LogP) is 6.40. The van der Waals surface area contributed by atoms with Crippen molar-refractivity contribution in [1.82, 2.24) is 10.6 Å². The van der Waals surface area contributed by atoms with Crippen LogP contribution in [0.5, 0.6) is 0 Å². The summed E-state index contributed by atoms with van der Waals surface area (Å²) in [6, 6.07) is -1.02. The average molecular weight is 669 g/mol. The number of hydrogen-bond donors (Lipinski definition) is 4. The smallest absolute Gasteiger partial charge is 0.325 e. The Bertz CT molecular complexity index is 826. The Morgan fingerprint density at radius 2 is 1.21 bits per heavy atom. The molecule has 1 aliphatic heterocycles. The van der Waals surface area contributed by atoms with E-state index in [-0.39, 0.29) is 31.4 Å². The molecule has 0 spiro atoms. The zero-order valence-corrected chi connectivity index (χ0v) is 29.7. The first kappa shape index (κ1) is 43.0. The second-order valence-corrected chi connectivity index (χ2v) is 13.0. The molecular weight excluding hydrogens is 600 g/mol. The van der Waals surface area contributed by atoms with E-state index in [1.54, 1.807) is 0 Å². The van der Waals surface area contributed by atoms with Crippen molar-refractivity contribution in [3.05, 3.63) is 12.7 Å². The van der Waals surface area contributed by atoms with Gasteiger partial charge < -0.3 is 35.1 Å². The molecule has 1 aliphatic rings. The molecule has 0 radical (unpaired) electrons. The fraction of sp³-hybridized carbons (Fsp3) is 0.865. The molecule has 0 aromatic rings. The molecule has 1 heterocycles. The third-order valence-electron chi connectivity index (χ3n) is 8.77. The summed E-state index contributed by atoms with van der Waals surface area (Å²) in [7, 11) is 0. The zero-order valence-electron chi connectivity index (χ0n) is 29.7. The van der Waals surface area contributed by atoms with E-state index in [9.17, 15) is 24.6 Å². The number of aliphatic hydroxyl groups is 2. The van der Waals surface area contributed by atoms with Gasteiger partial charge in [-0.15, -0.1) is 6.58 Å². The van der Waals surface area contributed by atoms with Gasteiger partial charge >= 0.3 is 5.97 Å². The quantitative estimate of drug-likeness (QED) is 0.0391. The molecule has 0 saturated carbocycles. The zero-order chi connectivity index (χ0) is 34.5. The third kappa shape index (κ3) is 20.9.